The molecule has 1 atom stereocenters. The Morgan fingerprint density at radius 1 is 1.27 bits per heavy atom. The maximum absolute atomic E-state index is 12.8. The molecule has 0 radical (unpaired) electrons. The molecular weight excluding hydrogens is 383 g/mol. The number of pyridine rings is 1. The smallest absolute Gasteiger partial charge is 0.416 e. The fourth-order valence-electron chi connectivity index (χ4n) is 2.93. The van der Waals surface area contributed by atoms with Crippen LogP contribution in [0.2, 0.25) is 0 Å². The third-order valence-electron chi connectivity index (χ3n) is 4.20. The van der Waals surface area contributed by atoms with Gasteiger partial charge in [0.1, 0.15) is 0 Å². The van der Waals surface area contributed by atoms with Gasteiger partial charge in [-0.15, -0.1) is 11.8 Å². The van der Waals surface area contributed by atoms with Crippen LogP contribution in [0.4, 0.5) is 13.2 Å². The first-order valence-electron chi connectivity index (χ1n) is 7.97. The molecule has 9 heteroatoms. The minimum absolute atomic E-state index is 0.154. The summed E-state index contributed by atoms with van der Waals surface area (Å²) in [6.45, 7) is 0. The van der Waals surface area contributed by atoms with Gasteiger partial charge in [0.05, 0.1) is 22.3 Å². The van der Waals surface area contributed by atoms with E-state index >= 15 is 0 Å². The number of nitrogens with zero attached hydrogens (tertiary/aromatic N) is 2. The van der Waals surface area contributed by atoms with Crippen LogP contribution in [0.5, 0.6) is 0 Å². The molecule has 1 unspecified atom stereocenters. The zero-order chi connectivity index (χ0) is 18.3. The highest BCUT2D eigenvalue weighted by Gasteiger charge is 2.31. The molecule has 0 spiro atoms. The Labute approximate surface area is 154 Å². The minimum Gasteiger partial charge on any atom is -0.609 e. The van der Waals surface area contributed by atoms with E-state index in [0.29, 0.717) is 5.52 Å². The predicted octanol–water partition coefficient (Wildman–Crippen LogP) is 4.32. The number of imidazole rings is 1. The van der Waals surface area contributed by atoms with Crippen LogP contribution < -0.4 is 0 Å². The van der Waals surface area contributed by atoms with E-state index in [1.165, 1.54) is 6.07 Å². The lowest BCUT2D eigenvalue weighted by Gasteiger charge is -2.18. The standard InChI is InChI=1S/C17H14F3N3OS2/c18-17(19,20)10-3-4-12-13(8-10)23-16(22-12)26(24)9-14-11-2-1-7-25-15(11)5-6-21-14/h3-6,8H,1-2,7,9H2,(H,22,23). The summed E-state index contributed by atoms with van der Waals surface area (Å²) in [6.07, 6.45) is -0.777. The molecule has 0 bridgehead atoms. The van der Waals surface area contributed by atoms with Crippen LogP contribution >= 0.6 is 11.8 Å². The van der Waals surface area contributed by atoms with E-state index in [4.69, 9.17) is 0 Å². The van der Waals surface area contributed by atoms with Crippen molar-refractivity contribution in [2.75, 3.05) is 5.75 Å². The maximum atomic E-state index is 12.8. The number of halogens is 3. The molecular formula is C17H14F3N3OS2. The van der Waals surface area contributed by atoms with Crippen LogP contribution in [-0.2, 0) is 29.5 Å². The summed E-state index contributed by atoms with van der Waals surface area (Å²) in [5.41, 5.74) is 1.70. The molecule has 0 saturated carbocycles. The van der Waals surface area contributed by atoms with Gasteiger partial charge in [-0.05, 0) is 48.4 Å². The number of alkyl halides is 3. The van der Waals surface area contributed by atoms with Crippen molar-refractivity contribution in [2.24, 2.45) is 0 Å². The maximum Gasteiger partial charge on any atom is 0.416 e. The highest BCUT2D eigenvalue weighted by Crippen LogP contribution is 2.33. The van der Waals surface area contributed by atoms with Crippen LogP contribution in [0.1, 0.15) is 23.2 Å². The summed E-state index contributed by atoms with van der Waals surface area (Å²) in [5.74, 6) is 1.25. The van der Waals surface area contributed by atoms with Gasteiger partial charge in [0, 0.05) is 22.3 Å². The summed E-state index contributed by atoms with van der Waals surface area (Å²) in [4.78, 5) is 12.5. The third-order valence-corrected chi connectivity index (χ3v) is 6.55. The zero-order valence-electron chi connectivity index (χ0n) is 13.5. The third kappa shape index (κ3) is 3.43. The number of H-pyrrole nitrogens is 1. The number of aromatic amines is 1. The van der Waals surface area contributed by atoms with Gasteiger partial charge in [-0.25, -0.2) is 0 Å². The van der Waals surface area contributed by atoms with Crippen molar-refractivity contribution in [2.45, 2.75) is 34.8 Å². The zero-order valence-corrected chi connectivity index (χ0v) is 15.1. The largest absolute Gasteiger partial charge is 0.609 e. The molecule has 1 aliphatic heterocycles. The average Bonchev–Trinajstić information content (AvgIpc) is 3.05. The lowest BCUT2D eigenvalue weighted by Crippen LogP contribution is -2.12. The molecule has 3 aromatic rings. The van der Waals surface area contributed by atoms with E-state index in [1.807, 2.05) is 6.07 Å². The van der Waals surface area contributed by atoms with E-state index in [0.717, 1.165) is 46.9 Å². The number of thioether (sulfide) groups is 1. The normalized spacial score (nSPS) is 15.8. The Balaban J connectivity index is 1.62. The molecule has 26 heavy (non-hydrogen) atoms. The Morgan fingerprint density at radius 2 is 2.12 bits per heavy atom. The van der Waals surface area contributed by atoms with Crippen molar-refractivity contribution in [1.82, 2.24) is 15.0 Å². The van der Waals surface area contributed by atoms with E-state index in [-0.39, 0.29) is 16.4 Å². The van der Waals surface area contributed by atoms with Gasteiger partial charge in [-0.2, -0.15) is 18.2 Å². The number of hydrogen-bond acceptors (Lipinski definition) is 4. The molecule has 0 saturated heterocycles. The summed E-state index contributed by atoms with van der Waals surface area (Å²) in [6, 6.07) is 5.22. The van der Waals surface area contributed by atoms with Crippen molar-refractivity contribution in [3.8, 4) is 0 Å². The van der Waals surface area contributed by atoms with Crippen LogP contribution in [0, 0.1) is 0 Å². The molecule has 4 nitrogen and oxygen atoms in total. The van der Waals surface area contributed by atoms with Crippen LogP contribution in [0.3, 0.4) is 0 Å². The molecule has 0 fully saturated rings. The minimum atomic E-state index is -4.43. The van der Waals surface area contributed by atoms with Crippen molar-refractivity contribution in [3.63, 3.8) is 0 Å². The van der Waals surface area contributed by atoms with E-state index in [9.17, 15) is 17.7 Å². The first-order valence-corrected chi connectivity index (χ1v) is 10.3. The number of rotatable bonds is 3. The van der Waals surface area contributed by atoms with Crippen molar-refractivity contribution in [3.05, 3.63) is 47.3 Å². The van der Waals surface area contributed by atoms with Crippen LogP contribution in [-0.4, -0.2) is 25.3 Å². The molecule has 0 aliphatic carbocycles. The van der Waals surface area contributed by atoms with E-state index in [1.54, 1.807) is 18.0 Å². The molecule has 2 aromatic heterocycles. The van der Waals surface area contributed by atoms with E-state index < -0.39 is 22.9 Å². The van der Waals surface area contributed by atoms with Crippen molar-refractivity contribution < 1.29 is 17.7 Å². The first kappa shape index (κ1) is 17.7. The summed E-state index contributed by atoms with van der Waals surface area (Å²) >= 11 is 0.252. The highest BCUT2D eigenvalue weighted by molar-refractivity contribution is 7.99. The molecule has 1 aliphatic rings. The van der Waals surface area contributed by atoms with Gasteiger partial charge in [-0.3, -0.25) is 9.97 Å². The predicted molar refractivity (Wildman–Crippen MR) is 94.5 cm³/mol. The highest BCUT2D eigenvalue weighted by atomic mass is 32.2. The summed E-state index contributed by atoms with van der Waals surface area (Å²) < 4.78 is 51.2. The molecule has 1 aromatic carbocycles. The summed E-state index contributed by atoms with van der Waals surface area (Å²) in [7, 11) is 0. The average molecular weight is 397 g/mol. The SMILES string of the molecule is [O-][S+](Cc1nccc2c1CCCS2)c1nc2cc(C(F)(F)F)ccc2[nH]1. The number of nitrogens with one attached hydrogen (secondary N) is 1. The first-order chi connectivity index (χ1) is 12.4. The van der Waals surface area contributed by atoms with Crippen LogP contribution in [0.15, 0.2) is 40.5 Å². The fourth-order valence-corrected chi connectivity index (χ4v) is 5.05. The van der Waals surface area contributed by atoms with Gasteiger partial charge in [0.25, 0.3) is 0 Å². The lowest BCUT2D eigenvalue weighted by atomic mass is 10.1. The number of benzene rings is 1. The van der Waals surface area contributed by atoms with Crippen LogP contribution in [0.25, 0.3) is 11.0 Å². The second-order valence-corrected chi connectivity index (χ2v) is 8.45. The second-order valence-electron chi connectivity index (χ2n) is 5.95. The monoisotopic (exact) mass is 397 g/mol. The van der Waals surface area contributed by atoms with Gasteiger partial charge in [0.15, 0.2) is 5.75 Å². The van der Waals surface area contributed by atoms with Crippen molar-refractivity contribution >= 4 is 34.0 Å². The lowest BCUT2D eigenvalue weighted by molar-refractivity contribution is -0.137. The molecule has 136 valence electrons. The van der Waals surface area contributed by atoms with Gasteiger partial charge < -0.3 is 4.55 Å². The second kappa shape index (κ2) is 6.79. The number of aromatic nitrogens is 3. The number of fused-ring (bicyclic) bond motifs is 2. The Bertz CT molecular complexity index is 958. The Morgan fingerprint density at radius 3 is 2.92 bits per heavy atom. The topological polar surface area (TPSA) is 64.6 Å². The fraction of sp³-hybridized carbons (Fsp3) is 0.294. The number of hydrogen-bond donors (Lipinski definition) is 1. The van der Waals surface area contributed by atoms with E-state index in [2.05, 4.69) is 15.0 Å². The van der Waals surface area contributed by atoms with Crippen molar-refractivity contribution in [1.29, 1.82) is 0 Å². The molecule has 4 rings (SSSR count). The molecule has 0 amide bonds. The van der Waals surface area contributed by atoms with Gasteiger partial charge in [-0.1, -0.05) is 0 Å². The Hall–Kier alpha value is -1.71. The van der Waals surface area contributed by atoms with Gasteiger partial charge >= 0.3 is 11.3 Å². The Kier molecular flexibility index (Phi) is 4.62. The molecule has 1 N–H and O–H groups in total. The summed E-state index contributed by atoms with van der Waals surface area (Å²) in [5, 5.41) is 0.169. The quantitative estimate of drug-likeness (QED) is 0.669. The van der Waals surface area contributed by atoms with Gasteiger partial charge in [0.2, 0.25) is 0 Å². The molecule has 3 heterocycles.